The van der Waals surface area contributed by atoms with E-state index in [0.29, 0.717) is 11.3 Å². The Balaban J connectivity index is 0.00000182. The van der Waals surface area contributed by atoms with Crippen molar-refractivity contribution in [2.45, 2.75) is 0 Å². The molecule has 3 heteroatoms. The van der Waals surface area contributed by atoms with Gasteiger partial charge >= 0.3 is 0 Å². The van der Waals surface area contributed by atoms with Gasteiger partial charge in [0.05, 0.1) is 5.76 Å². The molecule has 0 unspecified atom stereocenters. The summed E-state index contributed by atoms with van der Waals surface area (Å²) in [5.41, 5.74) is 3.89. The monoisotopic (exact) mass is 414 g/mol. The van der Waals surface area contributed by atoms with E-state index in [-0.39, 0.29) is 25.1 Å². The van der Waals surface area contributed by atoms with Crippen LogP contribution in [0.3, 0.4) is 0 Å². The fourth-order valence-electron chi connectivity index (χ4n) is 2.95. The molecule has 0 saturated heterocycles. The quantitative estimate of drug-likeness (QED) is 0.334. The van der Waals surface area contributed by atoms with Gasteiger partial charge in [-0.25, -0.2) is 0 Å². The number of furan rings is 1. The largest absolute Gasteiger partial charge is 0.488 e. The van der Waals surface area contributed by atoms with Crippen molar-refractivity contribution < 1.29 is 23.9 Å². The van der Waals surface area contributed by atoms with E-state index in [1.54, 1.807) is 0 Å². The third kappa shape index (κ3) is 3.29. The summed E-state index contributed by atoms with van der Waals surface area (Å²) in [5.74, 6) is 0.616. The van der Waals surface area contributed by atoms with Crippen molar-refractivity contribution in [2.75, 3.05) is 0 Å². The average molecular weight is 414 g/mol. The zero-order chi connectivity index (χ0) is 16.4. The second kappa shape index (κ2) is 7.50. The Morgan fingerprint density at radius 3 is 1.68 bits per heavy atom. The van der Waals surface area contributed by atoms with Crippen LogP contribution in [0.5, 0.6) is 0 Å². The molecule has 4 aromatic rings. The van der Waals surface area contributed by atoms with E-state index in [1.165, 1.54) is 0 Å². The zero-order valence-corrected chi connectivity index (χ0v) is 14.9. The molecule has 0 fully saturated rings. The second-order valence-corrected chi connectivity index (χ2v) is 5.57. The van der Waals surface area contributed by atoms with E-state index >= 15 is 0 Å². The van der Waals surface area contributed by atoms with Crippen molar-refractivity contribution >= 4 is 0 Å². The summed E-state index contributed by atoms with van der Waals surface area (Å²) in [6.45, 7) is 0. The molecule has 1 radical (unpaired) electrons. The van der Waals surface area contributed by atoms with Crippen LogP contribution in [0.25, 0.3) is 33.6 Å². The SMILES string of the molecule is O=c1o[c-](-c2ccccc2)c(-c2ccccc2)c1-c1ccccc1.[Rh]. The topological polar surface area (TPSA) is 30.2 Å². The Bertz CT molecular complexity index is 1000. The minimum atomic E-state index is -0.307. The van der Waals surface area contributed by atoms with Gasteiger partial charge in [-0.05, 0) is 16.7 Å². The first-order valence-electron chi connectivity index (χ1n) is 7.84. The Labute approximate surface area is 158 Å². The summed E-state index contributed by atoms with van der Waals surface area (Å²) in [7, 11) is 0. The van der Waals surface area contributed by atoms with Gasteiger partial charge in [-0.3, -0.25) is 4.79 Å². The molecule has 1 aromatic heterocycles. The Kier molecular flexibility index (Phi) is 5.16. The Morgan fingerprint density at radius 1 is 0.640 bits per heavy atom. The molecule has 0 bridgehead atoms. The molecule has 0 saturated carbocycles. The van der Waals surface area contributed by atoms with Gasteiger partial charge in [0.25, 0.3) is 5.63 Å². The van der Waals surface area contributed by atoms with E-state index < -0.39 is 0 Å². The molecule has 0 spiro atoms. The van der Waals surface area contributed by atoms with E-state index in [9.17, 15) is 4.79 Å². The predicted octanol–water partition coefficient (Wildman–Crippen LogP) is 5.36. The Morgan fingerprint density at radius 2 is 1.12 bits per heavy atom. The van der Waals surface area contributed by atoms with Crippen molar-refractivity contribution in [2.24, 2.45) is 0 Å². The predicted molar refractivity (Wildman–Crippen MR) is 96.9 cm³/mol. The summed E-state index contributed by atoms with van der Waals surface area (Å²) in [5, 5.41) is 0. The maximum absolute atomic E-state index is 12.6. The van der Waals surface area contributed by atoms with Gasteiger partial charge < -0.3 is 4.42 Å². The molecular weight excluding hydrogens is 399 g/mol. The molecule has 1 heterocycles. The standard InChI is InChI=1S/C22H15O2.Rh/c23-22-20(17-12-6-2-7-13-17)19(16-10-4-1-5-11-16)21(24-22)18-14-8-3-9-15-18;/h1-15H;/q-1;. The maximum atomic E-state index is 12.6. The maximum Gasteiger partial charge on any atom is 0.264 e. The first-order chi connectivity index (χ1) is 11.8. The van der Waals surface area contributed by atoms with Crippen molar-refractivity contribution in [3.8, 4) is 33.6 Å². The summed E-state index contributed by atoms with van der Waals surface area (Å²) in [6.07, 6.45) is 0. The van der Waals surface area contributed by atoms with E-state index in [2.05, 4.69) is 0 Å². The zero-order valence-electron chi connectivity index (χ0n) is 13.3. The van der Waals surface area contributed by atoms with Gasteiger partial charge in [0.1, 0.15) is 0 Å². The summed E-state index contributed by atoms with van der Waals surface area (Å²) in [4.78, 5) is 12.6. The van der Waals surface area contributed by atoms with Crippen LogP contribution in [-0.2, 0) is 19.5 Å². The molecule has 4 rings (SSSR count). The third-order valence-corrected chi connectivity index (χ3v) is 4.04. The minimum absolute atomic E-state index is 0. The molecular formula is C22H15O2Rh-. The third-order valence-electron chi connectivity index (χ3n) is 4.04. The first-order valence-corrected chi connectivity index (χ1v) is 7.84. The fraction of sp³-hybridized carbons (Fsp3) is 0. The molecule has 0 amide bonds. The van der Waals surface area contributed by atoms with Crippen LogP contribution in [-0.4, -0.2) is 0 Å². The van der Waals surface area contributed by atoms with Gasteiger partial charge in [-0.15, -0.1) is 12.1 Å². The van der Waals surface area contributed by atoms with Crippen LogP contribution in [0, 0.1) is 0 Å². The number of rotatable bonds is 3. The van der Waals surface area contributed by atoms with Crippen LogP contribution in [0.15, 0.2) is 100 Å². The molecule has 0 aliphatic rings. The molecule has 125 valence electrons. The molecule has 0 N–H and O–H groups in total. The molecule has 2 nitrogen and oxygen atoms in total. The van der Waals surface area contributed by atoms with E-state index in [1.807, 2.05) is 91.0 Å². The van der Waals surface area contributed by atoms with E-state index in [0.717, 1.165) is 22.3 Å². The molecule has 3 aromatic carbocycles. The van der Waals surface area contributed by atoms with Crippen molar-refractivity contribution in [1.82, 2.24) is 0 Å². The summed E-state index contributed by atoms with van der Waals surface area (Å²) in [6, 6.07) is 29.3. The van der Waals surface area contributed by atoms with Gasteiger partial charge in [0.15, 0.2) is 0 Å². The van der Waals surface area contributed by atoms with Crippen LogP contribution < -0.4 is 5.63 Å². The van der Waals surface area contributed by atoms with Crippen LogP contribution >= 0.6 is 0 Å². The van der Waals surface area contributed by atoms with Crippen molar-refractivity contribution in [3.05, 3.63) is 101 Å². The van der Waals surface area contributed by atoms with Crippen LogP contribution in [0.1, 0.15) is 0 Å². The van der Waals surface area contributed by atoms with Crippen molar-refractivity contribution in [1.29, 1.82) is 0 Å². The Hall–Kier alpha value is -2.64. The van der Waals surface area contributed by atoms with Crippen LogP contribution in [0.4, 0.5) is 0 Å². The van der Waals surface area contributed by atoms with E-state index in [4.69, 9.17) is 4.42 Å². The van der Waals surface area contributed by atoms with Gasteiger partial charge in [-0.2, -0.15) is 0 Å². The normalized spacial score (nSPS) is 10.2. The van der Waals surface area contributed by atoms with Crippen LogP contribution in [0.2, 0.25) is 0 Å². The summed E-state index contributed by atoms with van der Waals surface area (Å²) < 4.78 is 5.69. The van der Waals surface area contributed by atoms with Gasteiger partial charge in [0, 0.05) is 19.5 Å². The molecule has 25 heavy (non-hydrogen) atoms. The average Bonchev–Trinajstić information content (AvgIpc) is 3.01. The minimum Gasteiger partial charge on any atom is -0.488 e. The number of benzene rings is 3. The second-order valence-electron chi connectivity index (χ2n) is 5.57. The fourth-order valence-corrected chi connectivity index (χ4v) is 2.95. The first kappa shape index (κ1) is 17.2. The van der Waals surface area contributed by atoms with Crippen molar-refractivity contribution in [3.63, 3.8) is 0 Å². The van der Waals surface area contributed by atoms with Gasteiger partial charge in [-0.1, -0.05) is 90.0 Å². The molecule has 0 aliphatic heterocycles. The smallest absolute Gasteiger partial charge is 0.264 e. The number of hydrogen-bond acceptors (Lipinski definition) is 2. The van der Waals surface area contributed by atoms with Gasteiger partial charge in [0.2, 0.25) is 0 Å². The number of hydrogen-bond donors (Lipinski definition) is 0. The summed E-state index contributed by atoms with van der Waals surface area (Å²) >= 11 is 0. The molecule has 0 atom stereocenters. The molecule has 0 aliphatic carbocycles.